The molecule has 0 heterocycles. The fraction of sp³-hybridized carbons (Fsp3) is 0.438. The van der Waals surface area contributed by atoms with Crippen LogP contribution in [0.2, 0.25) is 0 Å². The van der Waals surface area contributed by atoms with Crippen molar-refractivity contribution in [1.29, 1.82) is 0 Å². The van der Waals surface area contributed by atoms with Crippen LogP contribution in [0.5, 0.6) is 0 Å². The fourth-order valence-corrected chi connectivity index (χ4v) is 3.32. The molecule has 2 rings (SSSR count). The van der Waals surface area contributed by atoms with Crippen molar-refractivity contribution in [2.45, 2.75) is 38.5 Å². The number of rotatable bonds is 1. The topological polar surface area (TPSA) is 0 Å². The quantitative estimate of drug-likeness (QED) is 0.504. The Morgan fingerprint density at radius 2 is 1.74 bits per heavy atom. The molecular weight excluding hydrogens is 481 g/mol. The second-order valence-corrected chi connectivity index (χ2v) is 7.36. The third kappa shape index (κ3) is 3.74. The molecule has 1 aliphatic carbocycles. The van der Waals surface area contributed by atoms with E-state index < -0.39 is 6.93 Å². The Morgan fingerprint density at radius 3 is 2.32 bits per heavy atom. The van der Waals surface area contributed by atoms with Crippen molar-refractivity contribution in [2.24, 2.45) is 5.92 Å². The summed E-state index contributed by atoms with van der Waals surface area (Å²) in [4.78, 5) is 0. The average Bonchev–Trinajstić information content (AvgIpc) is 2.40. The monoisotopic (exact) mass is 496 g/mol. The molecule has 0 amide bonds. The molecule has 0 N–H and O–H groups in total. The molecule has 0 spiro atoms. The number of halogens is 2. The maximum atomic E-state index is 12.0. The molecule has 1 saturated carbocycles. The molecule has 0 nitrogen and oxygen atoms in total. The number of hydrogen-bond acceptors (Lipinski definition) is 0. The first-order valence-electron chi connectivity index (χ1n) is 6.51. The summed E-state index contributed by atoms with van der Waals surface area (Å²) < 4.78 is 22.2. The third-order valence-corrected chi connectivity index (χ3v) is 4.84. The standard InChI is InChI=1S/C15H17.CF2.Cf/c1-3-13-6-10-15(11-7-13)14-8-4-12(2)5-9-14;2-1-3;/h6-7,10-12,14H,4-5,8-9H2,2H3;;. The zero-order valence-corrected chi connectivity index (χ0v) is 13.5. The van der Waals surface area contributed by atoms with Crippen molar-refractivity contribution in [2.75, 3.05) is 0 Å². The second-order valence-electron chi connectivity index (χ2n) is 5.05. The van der Waals surface area contributed by atoms with E-state index in [1.165, 1.54) is 31.2 Å². The van der Waals surface area contributed by atoms with Crippen LogP contribution >= 0.6 is 0 Å². The Kier molecular flexibility index (Phi) is 4.03. The zero-order valence-electron chi connectivity index (χ0n) is 10.9. The van der Waals surface area contributed by atoms with E-state index in [9.17, 15) is 8.78 Å². The molecule has 105 valence electrons. The predicted octanol–water partition coefficient (Wildman–Crippen LogP) is 4.40. The Labute approximate surface area is 108 Å². The molecule has 0 saturated heterocycles. The van der Waals surface area contributed by atoms with Gasteiger partial charge in [0.15, 0.2) is 0 Å². The van der Waals surface area contributed by atoms with Crippen molar-refractivity contribution < 1.29 is 8.78 Å². The van der Waals surface area contributed by atoms with Crippen molar-refractivity contribution >= 4 is 6.93 Å². The van der Waals surface area contributed by atoms with Crippen molar-refractivity contribution in [3.05, 3.63) is 35.4 Å². The van der Waals surface area contributed by atoms with Crippen LogP contribution < -0.4 is 0 Å². The minimum absolute atomic E-state index is 0.671. The summed E-state index contributed by atoms with van der Waals surface area (Å²) >= 11 is 0. The maximum absolute atomic E-state index is 12.0. The third-order valence-electron chi connectivity index (χ3n) is 3.68. The Balaban J connectivity index is 2.01. The molecule has 0 atom stereocenters. The SMILES string of the molecule is CC1CCC(c2ccc(C#[C][Cf]=[C](F)F)cc2)CC1. The van der Waals surface area contributed by atoms with Gasteiger partial charge in [-0.15, -0.1) is 0 Å². The summed E-state index contributed by atoms with van der Waals surface area (Å²) in [6.45, 7) is 0.843. The summed E-state index contributed by atoms with van der Waals surface area (Å²) in [5.74, 6) is 4.36. The van der Waals surface area contributed by atoms with E-state index in [1.807, 2.05) is 12.1 Å². The second kappa shape index (κ2) is 5.91. The van der Waals surface area contributed by atoms with Gasteiger partial charge in [0.25, 0.3) is 0 Å². The normalized spacial score (nSPS) is 22.1. The van der Waals surface area contributed by atoms with Gasteiger partial charge >= 0.3 is 108 Å². The van der Waals surface area contributed by atoms with Gasteiger partial charge in [-0.3, -0.25) is 0 Å². The molecule has 1 aromatic carbocycles. The molecule has 0 unspecified atom stereocenters. The van der Waals surface area contributed by atoms with Gasteiger partial charge < -0.3 is 0 Å². The molecule has 0 aromatic heterocycles. The van der Waals surface area contributed by atoms with E-state index in [2.05, 4.69) is 31.4 Å². The van der Waals surface area contributed by atoms with E-state index in [0.29, 0.717) is 5.92 Å². The van der Waals surface area contributed by atoms with E-state index in [1.54, 1.807) is 0 Å². The van der Waals surface area contributed by atoms with Gasteiger partial charge in [-0.2, -0.15) is 0 Å². The van der Waals surface area contributed by atoms with Crippen molar-refractivity contribution in [3.8, 4) is 12.3 Å². The molecule has 3 heteroatoms. The first-order valence-corrected chi connectivity index (χ1v) is 9.15. The molecule has 0 bridgehead atoms. The first-order chi connectivity index (χ1) is 9.15. The van der Waals surface area contributed by atoms with Gasteiger partial charge in [-0.1, -0.05) is 0 Å². The van der Waals surface area contributed by atoms with Gasteiger partial charge in [-0.05, 0) is 0 Å². The predicted molar refractivity (Wildman–Crippen MR) is 70.9 cm³/mol. The first kappa shape index (κ1) is 13.0. The Hall–Kier alpha value is -2.49. The molecule has 19 heavy (non-hydrogen) atoms. The van der Waals surface area contributed by atoms with Crippen LogP contribution in [-0.2, 0) is 0 Å². The molecule has 1 fully saturated rings. The average molecular weight is 498 g/mol. The van der Waals surface area contributed by atoms with Gasteiger partial charge in [-0.25, -0.2) is 0 Å². The van der Waals surface area contributed by atoms with E-state index in [0.717, 1.165) is 11.5 Å². The van der Waals surface area contributed by atoms with Crippen LogP contribution in [0.15, 0.2) is 24.3 Å². The molecule has 1 aromatic rings. The van der Waals surface area contributed by atoms with Gasteiger partial charge in [0.05, 0.1) is 0 Å². The van der Waals surface area contributed by atoms with Crippen LogP contribution in [0.4, 0.5) is 8.78 Å². The minimum atomic E-state index is -1.69. The summed E-state index contributed by atoms with van der Waals surface area (Å²) in [7, 11) is 0. The van der Waals surface area contributed by atoms with E-state index in [4.69, 9.17) is 0 Å². The summed E-state index contributed by atoms with van der Waals surface area (Å²) in [5.41, 5.74) is 2.22. The molecule has 1 aliphatic rings. The zero-order chi connectivity index (χ0) is 13.7. The Morgan fingerprint density at radius 1 is 1.11 bits per heavy atom. The van der Waals surface area contributed by atoms with E-state index >= 15 is 0 Å². The summed E-state index contributed by atoms with van der Waals surface area (Å²) in [5, 5.41) is 0. The summed E-state index contributed by atoms with van der Waals surface area (Å²) in [6.07, 6.45) is 7.77. The fourth-order valence-electron chi connectivity index (χ4n) is 2.53. The number of benzene rings is 1. The van der Waals surface area contributed by atoms with Gasteiger partial charge in [0.1, 0.15) is 0 Å². The van der Waals surface area contributed by atoms with Gasteiger partial charge in [0, 0.05) is 0 Å². The van der Waals surface area contributed by atoms with Gasteiger partial charge in [0.2, 0.25) is 0 Å². The summed E-state index contributed by atoms with van der Waals surface area (Å²) in [6, 6.07) is 8.16. The molecule has 0 aliphatic heterocycles. The van der Waals surface area contributed by atoms with Crippen LogP contribution in [0.1, 0.15) is 49.7 Å². The molecular formula is C16H17CfF2. The van der Waals surface area contributed by atoms with Crippen LogP contribution in [0, 0.1) is 18.3 Å². The van der Waals surface area contributed by atoms with Crippen molar-refractivity contribution in [3.63, 3.8) is 0 Å². The van der Waals surface area contributed by atoms with Crippen LogP contribution in [0.25, 0.3) is 0 Å². The number of hydrogen-bond donors (Lipinski definition) is 0. The van der Waals surface area contributed by atoms with E-state index in [-0.39, 0.29) is 0 Å². The molecule has 0 radical (unpaired) electrons. The Bertz CT molecular complexity index is 496. The van der Waals surface area contributed by atoms with Crippen LogP contribution in [0.3, 0.4) is 0 Å². The van der Waals surface area contributed by atoms with Crippen molar-refractivity contribution in [1.82, 2.24) is 0 Å². The van der Waals surface area contributed by atoms with Crippen LogP contribution in [-0.4, -0.2) is 6.93 Å².